The lowest BCUT2D eigenvalue weighted by atomic mass is 10.1. The Hall–Kier alpha value is -1.91. The first-order chi connectivity index (χ1) is 11.1. The second kappa shape index (κ2) is 6.69. The highest BCUT2D eigenvalue weighted by Gasteiger charge is 2.22. The lowest BCUT2D eigenvalue weighted by Crippen LogP contribution is -2.27. The van der Waals surface area contributed by atoms with Crippen molar-refractivity contribution in [1.82, 2.24) is 0 Å². The molecule has 0 saturated heterocycles. The summed E-state index contributed by atoms with van der Waals surface area (Å²) in [5.74, 6) is 0. The quantitative estimate of drug-likeness (QED) is 0.615. The van der Waals surface area contributed by atoms with E-state index in [0.717, 1.165) is 0 Å². The number of aryl methyl sites for hydroxylation is 4. The second-order valence-electron chi connectivity index (χ2n) is 6.15. The van der Waals surface area contributed by atoms with Crippen LogP contribution in [-0.2, 0) is 0 Å². The van der Waals surface area contributed by atoms with Gasteiger partial charge in [-0.3, -0.25) is 0 Å². The maximum absolute atomic E-state index is 2.28. The Bertz CT molecular complexity index is 727. The van der Waals surface area contributed by atoms with E-state index in [-0.39, 0.29) is 0 Å². The van der Waals surface area contributed by atoms with Gasteiger partial charge in [-0.25, -0.2) is 0 Å². The van der Waals surface area contributed by atoms with E-state index in [2.05, 4.69) is 94.4 Å². The summed E-state index contributed by atoms with van der Waals surface area (Å²) in [6.45, 7) is 8.98. The molecule has 0 aliphatic rings. The van der Waals surface area contributed by atoms with Crippen molar-refractivity contribution < 1.29 is 0 Å². The molecule has 0 N–H and O–H groups in total. The summed E-state index contributed by atoms with van der Waals surface area (Å²) in [4.78, 5) is 0. The van der Waals surface area contributed by atoms with Crippen molar-refractivity contribution in [2.45, 2.75) is 27.7 Å². The maximum Gasteiger partial charge on any atom is -0.00925 e. The van der Waals surface area contributed by atoms with Crippen molar-refractivity contribution in [2.75, 3.05) is 0 Å². The first-order valence-electron chi connectivity index (χ1n) is 8.07. The Morgan fingerprint density at radius 3 is 1.26 bits per heavy atom. The third-order valence-electron chi connectivity index (χ3n) is 4.34. The fourth-order valence-corrected chi connectivity index (χ4v) is 6.18. The standard InChI is InChI=1S/C22H23P/c1-16-10-8-11-17(2)21(16)23(20-14-6-5-7-15-20)22-18(3)12-9-13-19(22)4/h5-15H,1-4H3. The van der Waals surface area contributed by atoms with Crippen LogP contribution in [0.2, 0.25) is 0 Å². The van der Waals surface area contributed by atoms with Crippen molar-refractivity contribution >= 4 is 23.8 Å². The summed E-state index contributed by atoms with van der Waals surface area (Å²) >= 11 is 0. The van der Waals surface area contributed by atoms with Gasteiger partial charge in [-0.1, -0.05) is 66.7 Å². The molecule has 0 amide bonds. The average Bonchev–Trinajstić information content (AvgIpc) is 2.53. The second-order valence-corrected chi connectivity index (χ2v) is 8.23. The molecule has 1 heteroatoms. The molecular weight excluding hydrogens is 295 g/mol. The molecule has 0 bridgehead atoms. The molecular formula is C22H23P. The summed E-state index contributed by atoms with van der Waals surface area (Å²) in [5.41, 5.74) is 5.57. The lowest BCUT2D eigenvalue weighted by molar-refractivity contribution is 1.42. The predicted octanol–water partition coefficient (Wildman–Crippen LogP) is 4.68. The van der Waals surface area contributed by atoms with Crippen molar-refractivity contribution in [1.29, 1.82) is 0 Å². The molecule has 0 fully saturated rings. The highest BCUT2D eigenvalue weighted by atomic mass is 31.1. The van der Waals surface area contributed by atoms with Crippen molar-refractivity contribution in [3.63, 3.8) is 0 Å². The monoisotopic (exact) mass is 318 g/mol. The summed E-state index contributed by atoms with van der Waals surface area (Å²) < 4.78 is 0. The van der Waals surface area contributed by atoms with Gasteiger partial charge in [-0.2, -0.15) is 0 Å². The zero-order chi connectivity index (χ0) is 16.4. The Labute approximate surface area is 141 Å². The van der Waals surface area contributed by atoms with Crippen LogP contribution in [0.3, 0.4) is 0 Å². The SMILES string of the molecule is Cc1cccc(C)c1P(c1ccccc1)c1c(C)cccc1C. The zero-order valence-electron chi connectivity index (χ0n) is 14.3. The molecule has 3 aromatic rings. The molecule has 0 spiro atoms. The van der Waals surface area contributed by atoms with E-state index in [4.69, 9.17) is 0 Å². The van der Waals surface area contributed by atoms with Gasteiger partial charge in [0.15, 0.2) is 0 Å². The minimum Gasteiger partial charge on any atom is -0.0622 e. The first-order valence-corrected chi connectivity index (χ1v) is 9.41. The molecule has 3 rings (SSSR count). The largest absolute Gasteiger partial charge is 0.0622 e. The Morgan fingerprint density at radius 2 is 0.870 bits per heavy atom. The fraction of sp³-hybridized carbons (Fsp3) is 0.182. The lowest BCUT2D eigenvalue weighted by Gasteiger charge is -2.26. The smallest absolute Gasteiger partial charge is 0.00925 e. The molecule has 0 aliphatic carbocycles. The van der Waals surface area contributed by atoms with Crippen LogP contribution in [0.15, 0.2) is 66.7 Å². The highest BCUT2D eigenvalue weighted by Crippen LogP contribution is 2.37. The molecule has 0 aliphatic heterocycles. The predicted molar refractivity (Wildman–Crippen MR) is 104 cm³/mol. The Morgan fingerprint density at radius 1 is 0.478 bits per heavy atom. The number of rotatable bonds is 3. The van der Waals surface area contributed by atoms with Crippen LogP contribution >= 0.6 is 7.92 Å². The van der Waals surface area contributed by atoms with Gasteiger partial charge in [0.25, 0.3) is 0 Å². The van der Waals surface area contributed by atoms with Gasteiger partial charge in [0.2, 0.25) is 0 Å². The number of benzene rings is 3. The molecule has 0 radical (unpaired) electrons. The van der Waals surface area contributed by atoms with Crippen LogP contribution in [0.5, 0.6) is 0 Å². The van der Waals surface area contributed by atoms with E-state index in [9.17, 15) is 0 Å². The molecule has 0 nitrogen and oxygen atoms in total. The summed E-state index contributed by atoms with van der Waals surface area (Å²) in [5, 5.41) is 4.44. The van der Waals surface area contributed by atoms with Crippen LogP contribution in [-0.4, -0.2) is 0 Å². The van der Waals surface area contributed by atoms with Gasteiger partial charge in [0, 0.05) is 0 Å². The minimum absolute atomic E-state index is 0.529. The van der Waals surface area contributed by atoms with Crippen LogP contribution in [0.1, 0.15) is 22.3 Å². The van der Waals surface area contributed by atoms with Crippen LogP contribution in [0.25, 0.3) is 0 Å². The zero-order valence-corrected chi connectivity index (χ0v) is 15.2. The van der Waals surface area contributed by atoms with Gasteiger partial charge >= 0.3 is 0 Å². The number of hydrogen-bond acceptors (Lipinski definition) is 0. The van der Waals surface area contributed by atoms with Crippen molar-refractivity contribution in [2.24, 2.45) is 0 Å². The van der Waals surface area contributed by atoms with E-state index in [1.165, 1.54) is 38.2 Å². The minimum atomic E-state index is -0.529. The van der Waals surface area contributed by atoms with E-state index in [1.54, 1.807) is 0 Å². The Balaban J connectivity index is 2.33. The highest BCUT2D eigenvalue weighted by molar-refractivity contribution is 7.80. The van der Waals surface area contributed by atoms with Crippen molar-refractivity contribution in [3.8, 4) is 0 Å². The van der Waals surface area contributed by atoms with Crippen LogP contribution in [0, 0.1) is 27.7 Å². The third kappa shape index (κ3) is 3.09. The summed E-state index contributed by atoms with van der Waals surface area (Å²) in [6, 6.07) is 24.3. The van der Waals surface area contributed by atoms with Gasteiger partial charge in [-0.15, -0.1) is 0 Å². The molecule has 23 heavy (non-hydrogen) atoms. The molecule has 0 aromatic heterocycles. The molecule has 0 saturated carbocycles. The summed E-state index contributed by atoms with van der Waals surface area (Å²) in [7, 11) is -0.529. The van der Waals surface area contributed by atoms with Gasteiger partial charge in [0.1, 0.15) is 0 Å². The normalized spacial score (nSPS) is 11.0. The molecule has 3 aromatic carbocycles. The molecule has 0 unspecified atom stereocenters. The van der Waals surface area contributed by atoms with Gasteiger partial charge in [-0.05, 0) is 73.8 Å². The molecule has 0 atom stereocenters. The van der Waals surface area contributed by atoms with E-state index >= 15 is 0 Å². The summed E-state index contributed by atoms with van der Waals surface area (Å²) in [6.07, 6.45) is 0. The average molecular weight is 318 g/mol. The fourth-order valence-electron chi connectivity index (χ4n) is 3.26. The van der Waals surface area contributed by atoms with Gasteiger partial charge < -0.3 is 0 Å². The van der Waals surface area contributed by atoms with Crippen LogP contribution in [0.4, 0.5) is 0 Å². The third-order valence-corrected chi connectivity index (χ3v) is 7.46. The van der Waals surface area contributed by atoms with E-state index in [0.29, 0.717) is 0 Å². The topological polar surface area (TPSA) is 0 Å². The first kappa shape index (κ1) is 16.0. The number of hydrogen-bond donors (Lipinski definition) is 0. The van der Waals surface area contributed by atoms with E-state index < -0.39 is 7.92 Å². The van der Waals surface area contributed by atoms with Crippen LogP contribution < -0.4 is 15.9 Å². The van der Waals surface area contributed by atoms with Crippen molar-refractivity contribution in [3.05, 3.63) is 89.0 Å². The maximum atomic E-state index is 2.28. The molecule has 0 heterocycles. The molecule has 116 valence electrons. The van der Waals surface area contributed by atoms with Gasteiger partial charge in [0.05, 0.1) is 0 Å². The van der Waals surface area contributed by atoms with E-state index in [1.807, 2.05) is 0 Å². The Kier molecular flexibility index (Phi) is 4.64.